The number of carbonyl (C=O) groups is 1. The van der Waals surface area contributed by atoms with Crippen LogP contribution in [0, 0.1) is 0 Å². The molecule has 2 aromatic heterocycles. The number of anilines is 3. The number of nitrogens with zero attached hydrogens (tertiary/aromatic N) is 4. The van der Waals surface area contributed by atoms with Gasteiger partial charge < -0.3 is 15.5 Å². The molecule has 0 unspecified atom stereocenters. The van der Waals surface area contributed by atoms with Crippen molar-refractivity contribution in [2.45, 2.75) is 6.54 Å². The van der Waals surface area contributed by atoms with Crippen molar-refractivity contribution in [2.75, 3.05) is 24.3 Å². The molecule has 7 nitrogen and oxygen atoms in total. The summed E-state index contributed by atoms with van der Waals surface area (Å²) in [5.74, 6) is -0.175. The van der Waals surface area contributed by atoms with E-state index in [0.29, 0.717) is 11.3 Å². The van der Waals surface area contributed by atoms with Gasteiger partial charge in [0.05, 0.1) is 28.3 Å². The number of rotatable bonds is 3. The zero-order chi connectivity index (χ0) is 18.3. The second-order valence-corrected chi connectivity index (χ2v) is 6.36. The fourth-order valence-electron chi connectivity index (χ4n) is 3.43. The van der Waals surface area contributed by atoms with E-state index in [1.54, 1.807) is 25.5 Å². The molecule has 0 radical (unpaired) electrons. The van der Waals surface area contributed by atoms with Crippen LogP contribution in [-0.2, 0) is 13.6 Å². The van der Waals surface area contributed by atoms with Gasteiger partial charge in [-0.2, -0.15) is 5.10 Å². The first-order valence-electron chi connectivity index (χ1n) is 8.38. The van der Waals surface area contributed by atoms with Crippen LogP contribution in [0.4, 0.5) is 17.1 Å². The number of nitrogens with one attached hydrogen (secondary N) is 2. The lowest BCUT2D eigenvalue weighted by atomic mass is 9.99. The van der Waals surface area contributed by atoms with E-state index in [2.05, 4.69) is 44.9 Å². The Balaban J connectivity index is 1.81. The average Bonchev–Trinajstić information content (AvgIpc) is 3.02. The second-order valence-electron chi connectivity index (χ2n) is 6.36. The van der Waals surface area contributed by atoms with Gasteiger partial charge in [-0.3, -0.25) is 14.5 Å². The van der Waals surface area contributed by atoms with Crippen LogP contribution < -0.4 is 15.5 Å². The van der Waals surface area contributed by atoms with Crippen LogP contribution in [0.2, 0.25) is 0 Å². The lowest BCUT2D eigenvalue weighted by molar-refractivity contribution is 0.0963. The summed E-state index contributed by atoms with van der Waals surface area (Å²) in [6, 6.07) is 7.89. The highest BCUT2D eigenvalue weighted by Gasteiger charge is 2.25. The summed E-state index contributed by atoms with van der Waals surface area (Å²) >= 11 is 0. The summed E-state index contributed by atoms with van der Waals surface area (Å²) < 4.78 is 1.85. The van der Waals surface area contributed by atoms with E-state index in [1.165, 1.54) is 5.56 Å². The molecule has 132 valence electrons. The fourth-order valence-corrected chi connectivity index (χ4v) is 3.43. The Morgan fingerprint density at radius 1 is 1.19 bits per heavy atom. The minimum Gasteiger partial charge on any atom is -0.368 e. The summed E-state index contributed by atoms with van der Waals surface area (Å²) in [5, 5.41) is 10.7. The van der Waals surface area contributed by atoms with Crippen molar-refractivity contribution >= 4 is 23.0 Å². The minimum atomic E-state index is -0.175. The summed E-state index contributed by atoms with van der Waals surface area (Å²) in [6.45, 7) is 0.785. The van der Waals surface area contributed by atoms with E-state index in [-0.39, 0.29) is 5.91 Å². The number of carbonyl (C=O) groups excluding carboxylic acids is 1. The molecule has 0 atom stereocenters. The summed E-state index contributed by atoms with van der Waals surface area (Å²) in [7, 11) is 5.61. The molecule has 2 N–H and O–H groups in total. The Morgan fingerprint density at radius 2 is 2.04 bits per heavy atom. The van der Waals surface area contributed by atoms with Crippen molar-refractivity contribution in [2.24, 2.45) is 7.05 Å². The molecule has 0 saturated heterocycles. The highest BCUT2D eigenvalue weighted by Crippen LogP contribution is 2.43. The van der Waals surface area contributed by atoms with Crippen LogP contribution in [0.3, 0.4) is 0 Å². The third kappa shape index (κ3) is 2.57. The SMILES string of the molecule is CNC(=O)c1cnccc1Nc1cccc2c1N(C)Cc1cn(C)nc1-2. The van der Waals surface area contributed by atoms with Crippen LogP contribution in [0.15, 0.2) is 42.9 Å². The number of amides is 1. The molecule has 1 aromatic carbocycles. The third-order valence-corrected chi connectivity index (χ3v) is 4.55. The Morgan fingerprint density at radius 3 is 2.85 bits per heavy atom. The van der Waals surface area contributed by atoms with Crippen molar-refractivity contribution in [3.63, 3.8) is 0 Å². The molecular formula is C19H20N6O. The van der Waals surface area contributed by atoms with Crippen molar-refractivity contribution in [1.82, 2.24) is 20.1 Å². The molecule has 1 amide bonds. The molecule has 1 aliphatic rings. The lowest BCUT2D eigenvalue weighted by Crippen LogP contribution is -2.23. The largest absolute Gasteiger partial charge is 0.368 e. The zero-order valence-electron chi connectivity index (χ0n) is 14.9. The molecule has 3 aromatic rings. The van der Waals surface area contributed by atoms with Crippen LogP contribution in [0.5, 0.6) is 0 Å². The third-order valence-electron chi connectivity index (χ3n) is 4.55. The Bertz CT molecular complexity index is 993. The number of aromatic nitrogens is 3. The van der Waals surface area contributed by atoms with Gasteiger partial charge in [-0.15, -0.1) is 0 Å². The highest BCUT2D eigenvalue weighted by molar-refractivity contribution is 6.01. The van der Waals surface area contributed by atoms with Crippen LogP contribution >= 0.6 is 0 Å². The Kier molecular flexibility index (Phi) is 3.84. The molecule has 7 heteroatoms. The van der Waals surface area contributed by atoms with Crippen molar-refractivity contribution < 1.29 is 4.79 Å². The molecule has 0 fully saturated rings. The molecule has 3 heterocycles. The fraction of sp³-hybridized carbons (Fsp3) is 0.211. The molecule has 1 aliphatic heterocycles. The van der Waals surface area contributed by atoms with Gasteiger partial charge in [-0.1, -0.05) is 12.1 Å². The van der Waals surface area contributed by atoms with Gasteiger partial charge in [0.25, 0.3) is 5.91 Å². The molecule has 0 saturated carbocycles. The van der Waals surface area contributed by atoms with E-state index in [9.17, 15) is 4.79 Å². The maximum Gasteiger partial charge on any atom is 0.254 e. The normalized spacial score (nSPS) is 12.3. The topological polar surface area (TPSA) is 75.1 Å². The zero-order valence-corrected chi connectivity index (χ0v) is 14.9. The standard InChI is InChI=1S/C19H20N6O/c1-20-19(26)14-9-21-8-7-15(14)22-16-6-4-5-13-17-12(11-25(3)23-17)10-24(2)18(13)16/h4-9,11H,10H2,1-3H3,(H,20,26)(H,21,22). The van der Waals surface area contributed by atoms with Gasteiger partial charge >= 0.3 is 0 Å². The first-order chi connectivity index (χ1) is 12.6. The number of benzene rings is 1. The predicted octanol–water partition coefficient (Wildman–Crippen LogP) is 2.54. The number of para-hydroxylation sites is 1. The number of hydrogen-bond donors (Lipinski definition) is 2. The predicted molar refractivity (Wildman–Crippen MR) is 102 cm³/mol. The molecular weight excluding hydrogens is 328 g/mol. The minimum absolute atomic E-state index is 0.175. The van der Waals surface area contributed by atoms with E-state index in [1.807, 2.05) is 23.9 Å². The van der Waals surface area contributed by atoms with Gasteiger partial charge in [0.2, 0.25) is 0 Å². The molecule has 0 bridgehead atoms. The maximum absolute atomic E-state index is 12.1. The Labute approximate surface area is 151 Å². The van der Waals surface area contributed by atoms with Crippen LogP contribution in [-0.4, -0.2) is 34.8 Å². The van der Waals surface area contributed by atoms with E-state index in [0.717, 1.165) is 29.2 Å². The molecule has 4 rings (SSSR count). The number of pyridine rings is 1. The van der Waals surface area contributed by atoms with Gasteiger partial charge in [-0.05, 0) is 12.1 Å². The maximum atomic E-state index is 12.1. The first kappa shape index (κ1) is 16.1. The number of aryl methyl sites for hydroxylation is 1. The van der Waals surface area contributed by atoms with Crippen LogP contribution in [0.1, 0.15) is 15.9 Å². The Hall–Kier alpha value is -3.35. The average molecular weight is 348 g/mol. The van der Waals surface area contributed by atoms with E-state index < -0.39 is 0 Å². The van der Waals surface area contributed by atoms with Gasteiger partial charge in [-0.25, -0.2) is 0 Å². The number of fused-ring (bicyclic) bond motifs is 3. The van der Waals surface area contributed by atoms with Gasteiger partial charge in [0.1, 0.15) is 0 Å². The van der Waals surface area contributed by atoms with Gasteiger partial charge in [0.15, 0.2) is 0 Å². The van der Waals surface area contributed by atoms with Crippen LogP contribution in [0.25, 0.3) is 11.3 Å². The van der Waals surface area contributed by atoms with Crippen molar-refractivity contribution in [3.8, 4) is 11.3 Å². The molecule has 0 aliphatic carbocycles. The quantitative estimate of drug-likeness (QED) is 0.761. The molecule has 26 heavy (non-hydrogen) atoms. The summed E-state index contributed by atoms with van der Waals surface area (Å²) in [6.07, 6.45) is 5.29. The number of hydrogen-bond acceptors (Lipinski definition) is 5. The van der Waals surface area contributed by atoms with Gasteiger partial charge in [0, 0.05) is 57.4 Å². The lowest BCUT2D eigenvalue weighted by Gasteiger charge is -2.29. The van der Waals surface area contributed by atoms with E-state index in [4.69, 9.17) is 0 Å². The smallest absolute Gasteiger partial charge is 0.254 e. The monoisotopic (exact) mass is 348 g/mol. The second kappa shape index (κ2) is 6.18. The molecule has 0 spiro atoms. The summed E-state index contributed by atoms with van der Waals surface area (Å²) in [5.41, 5.74) is 6.50. The van der Waals surface area contributed by atoms with Crippen molar-refractivity contribution in [1.29, 1.82) is 0 Å². The van der Waals surface area contributed by atoms with Crippen molar-refractivity contribution in [3.05, 3.63) is 54.0 Å². The first-order valence-corrected chi connectivity index (χ1v) is 8.38. The van der Waals surface area contributed by atoms with E-state index >= 15 is 0 Å². The summed E-state index contributed by atoms with van der Waals surface area (Å²) in [4.78, 5) is 18.4. The highest BCUT2D eigenvalue weighted by atomic mass is 16.1.